The molecule has 0 amide bonds. The van der Waals surface area contributed by atoms with E-state index >= 15 is 0 Å². The molecule has 3 nitrogen and oxygen atoms in total. The molecular formula is C12H13BrFN3. The first-order valence-electron chi connectivity index (χ1n) is 5.24. The number of halogens is 2. The standard InChI is InChI=1S/C12H13BrFN3/c1-17-5-4-16-12(17)11(15)7-8-6-9(14)2-3-10(8)13/h2-6,11H,7,15H2,1H3. The van der Waals surface area contributed by atoms with Crippen LogP contribution in [-0.4, -0.2) is 9.55 Å². The van der Waals surface area contributed by atoms with Crippen molar-refractivity contribution in [3.05, 3.63) is 52.3 Å². The third kappa shape index (κ3) is 2.73. The molecule has 0 saturated heterocycles. The Kier molecular flexibility index (Phi) is 3.59. The van der Waals surface area contributed by atoms with Gasteiger partial charge in [0.1, 0.15) is 11.6 Å². The smallest absolute Gasteiger partial charge is 0.125 e. The number of aryl methyl sites for hydroxylation is 1. The molecule has 5 heteroatoms. The van der Waals surface area contributed by atoms with E-state index in [1.54, 1.807) is 12.3 Å². The summed E-state index contributed by atoms with van der Waals surface area (Å²) in [5.74, 6) is 0.538. The van der Waals surface area contributed by atoms with Crippen molar-refractivity contribution in [3.63, 3.8) is 0 Å². The van der Waals surface area contributed by atoms with Gasteiger partial charge in [0.2, 0.25) is 0 Å². The van der Waals surface area contributed by atoms with Crippen molar-refractivity contribution >= 4 is 15.9 Å². The Balaban J connectivity index is 2.21. The molecule has 0 saturated carbocycles. The minimum Gasteiger partial charge on any atom is -0.337 e. The molecule has 1 aromatic carbocycles. The molecule has 0 aliphatic heterocycles. The quantitative estimate of drug-likeness (QED) is 0.946. The van der Waals surface area contributed by atoms with Crippen LogP contribution in [0.25, 0.3) is 0 Å². The van der Waals surface area contributed by atoms with Crippen LogP contribution in [0.1, 0.15) is 17.4 Å². The van der Waals surface area contributed by atoms with Crippen molar-refractivity contribution in [1.82, 2.24) is 9.55 Å². The Morgan fingerprint density at radius 1 is 1.53 bits per heavy atom. The highest BCUT2D eigenvalue weighted by atomic mass is 79.9. The summed E-state index contributed by atoms with van der Waals surface area (Å²) in [6.07, 6.45) is 4.09. The molecule has 1 atom stereocenters. The van der Waals surface area contributed by atoms with Gasteiger partial charge in [-0.1, -0.05) is 15.9 Å². The molecular weight excluding hydrogens is 285 g/mol. The summed E-state index contributed by atoms with van der Waals surface area (Å²) < 4.78 is 15.9. The average molecular weight is 298 g/mol. The summed E-state index contributed by atoms with van der Waals surface area (Å²) >= 11 is 3.39. The maximum Gasteiger partial charge on any atom is 0.125 e. The molecule has 0 aliphatic carbocycles. The Morgan fingerprint density at radius 2 is 2.29 bits per heavy atom. The first-order valence-corrected chi connectivity index (χ1v) is 6.04. The third-order valence-corrected chi connectivity index (χ3v) is 3.41. The normalized spacial score (nSPS) is 12.7. The maximum atomic E-state index is 13.1. The van der Waals surface area contributed by atoms with E-state index < -0.39 is 0 Å². The number of nitrogens with zero attached hydrogens (tertiary/aromatic N) is 2. The summed E-state index contributed by atoms with van der Waals surface area (Å²) in [7, 11) is 1.89. The molecule has 0 radical (unpaired) electrons. The Labute approximate surface area is 108 Å². The minimum absolute atomic E-state index is 0.243. The zero-order valence-corrected chi connectivity index (χ0v) is 11.0. The van der Waals surface area contributed by atoms with Gasteiger partial charge in [0, 0.05) is 23.9 Å². The van der Waals surface area contributed by atoms with E-state index in [4.69, 9.17) is 5.73 Å². The molecule has 17 heavy (non-hydrogen) atoms. The fraction of sp³-hybridized carbons (Fsp3) is 0.250. The van der Waals surface area contributed by atoms with Crippen molar-refractivity contribution in [2.75, 3.05) is 0 Å². The predicted molar refractivity (Wildman–Crippen MR) is 67.9 cm³/mol. The molecule has 0 aliphatic rings. The van der Waals surface area contributed by atoms with Crippen LogP contribution >= 0.6 is 15.9 Å². The van der Waals surface area contributed by atoms with E-state index in [0.29, 0.717) is 6.42 Å². The van der Waals surface area contributed by atoms with Crippen LogP contribution in [0.5, 0.6) is 0 Å². The van der Waals surface area contributed by atoms with Crippen molar-refractivity contribution in [2.45, 2.75) is 12.5 Å². The van der Waals surface area contributed by atoms with E-state index in [1.165, 1.54) is 12.1 Å². The number of hydrogen-bond acceptors (Lipinski definition) is 2. The molecule has 0 bridgehead atoms. The second-order valence-electron chi connectivity index (χ2n) is 3.94. The molecule has 0 spiro atoms. The van der Waals surface area contributed by atoms with Crippen molar-refractivity contribution in [2.24, 2.45) is 12.8 Å². The van der Waals surface area contributed by atoms with Crippen LogP contribution in [-0.2, 0) is 13.5 Å². The van der Waals surface area contributed by atoms with E-state index in [-0.39, 0.29) is 11.9 Å². The zero-order valence-electron chi connectivity index (χ0n) is 9.40. The van der Waals surface area contributed by atoms with Gasteiger partial charge < -0.3 is 10.3 Å². The lowest BCUT2D eigenvalue weighted by molar-refractivity contribution is 0.609. The van der Waals surface area contributed by atoms with Crippen LogP contribution < -0.4 is 5.73 Å². The number of hydrogen-bond donors (Lipinski definition) is 1. The van der Waals surface area contributed by atoms with Gasteiger partial charge in [-0.25, -0.2) is 9.37 Å². The van der Waals surface area contributed by atoms with E-state index in [0.717, 1.165) is 15.9 Å². The van der Waals surface area contributed by atoms with Gasteiger partial charge in [-0.05, 0) is 30.2 Å². The van der Waals surface area contributed by atoms with E-state index in [2.05, 4.69) is 20.9 Å². The highest BCUT2D eigenvalue weighted by molar-refractivity contribution is 9.10. The molecule has 2 aromatic rings. The van der Waals surface area contributed by atoms with Gasteiger partial charge >= 0.3 is 0 Å². The molecule has 2 rings (SSSR count). The minimum atomic E-state index is -0.254. The molecule has 0 fully saturated rings. The predicted octanol–water partition coefficient (Wildman–Crippen LogP) is 2.56. The molecule has 1 heterocycles. The third-order valence-electron chi connectivity index (χ3n) is 2.64. The van der Waals surface area contributed by atoms with E-state index in [9.17, 15) is 4.39 Å². The van der Waals surface area contributed by atoms with Crippen LogP contribution in [0.2, 0.25) is 0 Å². The number of imidazole rings is 1. The highest BCUT2D eigenvalue weighted by Gasteiger charge is 2.13. The van der Waals surface area contributed by atoms with Crippen LogP contribution in [0, 0.1) is 5.82 Å². The Morgan fingerprint density at radius 3 is 2.94 bits per heavy atom. The molecule has 2 N–H and O–H groups in total. The summed E-state index contributed by atoms with van der Waals surface area (Å²) in [5.41, 5.74) is 6.91. The highest BCUT2D eigenvalue weighted by Crippen LogP contribution is 2.22. The van der Waals surface area contributed by atoms with Crippen LogP contribution in [0.4, 0.5) is 4.39 Å². The fourth-order valence-corrected chi connectivity index (χ4v) is 2.17. The average Bonchev–Trinajstić information content (AvgIpc) is 2.70. The molecule has 1 aromatic heterocycles. The molecule has 90 valence electrons. The van der Waals surface area contributed by atoms with Crippen LogP contribution in [0.15, 0.2) is 35.1 Å². The number of rotatable bonds is 3. The fourth-order valence-electron chi connectivity index (χ4n) is 1.76. The second kappa shape index (κ2) is 4.98. The summed E-state index contributed by atoms with van der Waals surface area (Å²) in [6, 6.07) is 4.36. The van der Waals surface area contributed by atoms with Crippen LogP contribution in [0.3, 0.4) is 0 Å². The second-order valence-corrected chi connectivity index (χ2v) is 4.80. The lowest BCUT2D eigenvalue weighted by Crippen LogP contribution is -2.18. The first kappa shape index (κ1) is 12.3. The van der Waals surface area contributed by atoms with E-state index in [1.807, 2.05) is 17.8 Å². The monoisotopic (exact) mass is 297 g/mol. The van der Waals surface area contributed by atoms with Gasteiger partial charge in [0.05, 0.1) is 6.04 Å². The number of aromatic nitrogens is 2. The van der Waals surface area contributed by atoms with Crippen molar-refractivity contribution < 1.29 is 4.39 Å². The van der Waals surface area contributed by atoms with Gasteiger partial charge in [-0.15, -0.1) is 0 Å². The summed E-state index contributed by atoms with van der Waals surface area (Å²) in [6.45, 7) is 0. The summed E-state index contributed by atoms with van der Waals surface area (Å²) in [4.78, 5) is 4.19. The SMILES string of the molecule is Cn1ccnc1C(N)Cc1cc(F)ccc1Br. The number of benzene rings is 1. The lowest BCUT2D eigenvalue weighted by atomic mass is 10.1. The first-order chi connectivity index (χ1) is 8.08. The van der Waals surface area contributed by atoms with Gasteiger partial charge in [0.15, 0.2) is 0 Å². The van der Waals surface area contributed by atoms with Gasteiger partial charge in [-0.3, -0.25) is 0 Å². The summed E-state index contributed by atoms with van der Waals surface area (Å²) in [5, 5.41) is 0. The zero-order chi connectivity index (χ0) is 12.4. The number of nitrogens with two attached hydrogens (primary N) is 1. The topological polar surface area (TPSA) is 43.8 Å². The Hall–Kier alpha value is -1.20. The largest absolute Gasteiger partial charge is 0.337 e. The Bertz CT molecular complexity index is 524. The lowest BCUT2D eigenvalue weighted by Gasteiger charge is -2.12. The van der Waals surface area contributed by atoms with Crippen molar-refractivity contribution in [1.29, 1.82) is 0 Å². The van der Waals surface area contributed by atoms with Crippen molar-refractivity contribution in [3.8, 4) is 0 Å². The molecule has 1 unspecified atom stereocenters. The maximum absolute atomic E-state index is 13.1. The van der Waals surface area contributed by atoms with Gasteiger partial charge in [-0.2, -0.15) is 0 Å². The van der Waals surface area contributed by atoms with Gasteiger partial charge in [0.25, 0.3) is 0 Å².